The van der Waals surface area contributed by atoms with Crippen LogP contribution in [0.5, 0.6) is 5.75 Å². The maximum Gasteiger partial charge on any atom is 0.139 e. The van der Waals surface area contributed by atoms with Gasteiger partial charge in [-0.3, -0.25) is 0 Å². The third kappa shape index (κ3) is 3.12. The van der Waals surface area contributed by atoms with Crippen molar-refractivity contribution >= 4 is 22.6 Å². The Morgan fingerprint density at radius 2 is 2.00 bits per heavy atom. The highest BCUT2D eigenvalue weighted by Gasteiger charge is 2.24. The Morgan fingerprint density at radius 3 is 2.79 bits per heavy atom. The molecule has 4 rings (SSSR count). The normalized spacial score (nSPS) is 17.5. The molecular weight excluding hydrogens is 324 g/mol. The summed E-state index contributed by atoms with van der Waals surface area (Å²) in [5.41, 5.74) is 2.14. The lowest BCUT2D eigenvalue weighted by Gasteiger charge is -2.14. The molecule has 0 aliphatic carbocycles. The van der Waals surface area contributed by atoms with Gasteiger partial charge < -0.3 is 14.0 Å². The van der Waals surface area contributed by atoms with Gasteiger partial charge in [-0.2, -0.15) is 0 Å². The van der Waals surface area contributed by atoms with Crippen molar-refractivity contribution < 1.29 is 9.47 Å². The monoisotopic (exact) mass is 342 g/mol. The standard InChI is InChI=1S/C19H19ClN2O2/c20-14-7-9-15(10-8-14)23-13-11-22-17-5-2-1-4-16(17)21-19(22)18-6-3-12-24-18/h1-2,4-5,7-10,18H,3,6,11-13H2/t18-/m1/s1. The maximum atomic E-state index is 5.90. The van der Waals surface area contributed by atoms with Crippen LogP contribution in [0, 0.1) is 0 Å². The Bertz CT molecular complexity index is 823. The van der Waals surface area contributed by atoms with Gasteiger partial charge in [0.15, 0.2) is 0 Å². The van der Waals surface area contributed by atoms with E-state index in [0.717, 1.165) is 48.6 Å². The van der Waals surface area contributed by atoms with Gasteiger partial charge in [0.1, 0.15) is 24.3 Å². The number of fused-ring (bicyclic) bond motifs is 1. The summed E-state index contributed by atoms with van der Waals surface area (Å²) in [4.78, 5) is 4.80. The number of para-hydroxylation sites is 2. The second kappa shape index (κ2) is 6.83. The summed E-state index contributed by atoms with van der Waals surface area (Å²) in [5, 5.41) is 0.712. The molecular formula is C19H19ClN2O2. The van der Waals surface area contributed by atoms with Crippen LogP contribution in [0.3, 0.4) is 0 Å². The van der Waals surface area contributed by atoms with Gasteiger partial charge in [0.25, 0.3) is 0 Å². The summed E-state index contributed by atoms with van der Waals surface area (Å²) in [6, 6.07) is 15.6. The van der Waals surface area contributed by atoms with Crippen LogP contribution in [0.25, 0.3) is 11.0 Å². The SMILES string of the molecule is Clc1ccc(OCCn2c([C@H]3CCCO3)nc3ccccc32)cc1. The van der Waals surface area contributed by atoms with Gasteiger partial charge in [-0.15, -0.1) is 0 Å². The van der Waals surface area contributed by atoms with E-state index in [1.165, 1.54) is 0 Å². The molecule has 1 aliphatic heterocycles. The molecule has 1 aliphatic rings. The Labute approximate surface area is 146 Å². The average molecular weight is 343 g/mol. The number of rotatable bonds is 5. The molecule has 4 nitrogen and oxygen atoms in total. The molecule has 124 valence electrons. The van der Waals surface area contributed by atoms with Gasteiger partial charge in [0.2, 0.25) is 0 Å². The number of aromatic nitrogens is 2. The molecule has 1 aromatic heterocycles. The van der Waals surface area contributed by atoms with E-state index in [4.69, 9.17) is 26.1 Å². The molecule has 0 amide bonds. The van der Waals surface area contributed by atoms with Crippen molar-refractivity contribution in [1.29, 1.82) is 0 Å². The fraction of sp³-hybridized carbons (Fsp3) is 0.316. The quantitative estimate of drug-likeness (QED) is 0.678. The van der Waals surface area contributed by atoms with E-state index in [9.17, 15) is 0 Å². The van der Waals surface area contributed by atoms with Crippen molar-refractivity contribution in [3.63, 3.8) is 0 Å². The zero-order valence-electron chi connectivity index (χ0n) is 13.3. The molecule has 1 fully saturated rings. The van der Waals surface area contributed by atoms with Crippen molar-refractivity contribution in [2.45, 2.75) is 25.5 Å². The minimum absolute atomic E-state index is 0.0907. The zero-order chi connectivity index (χ0) is 16.4. The van der Waals surface area contributed by atoms with Crippen LogP contribution in [-0.2, 0) is 11.3 Å². The summed E-state index contributed by atoms with van der Waals surface area (Å²) in [6.45, 7) is 2.12. The fourth-order valence-electron chi connectivity index (χ4n) is 3.14. The summed E-state index contributed by atoms with van der Waals surface area (Å²) >= 11 is 5.90. The minimum atomic E-state index is 0.0907. The van der Waals surface area contributed by atoms with E-state index in [2.05, 4.69) is 10.6 Å². The largest absolute Gasteiger partial charge is 0.492 e. The molecule has 1 saturated heterocycles. The zero-order valence-corrected chi connectivity index (χ0v) is 14.1. The Hall–Kier alpha value is -2.04. The number of ether oxygens (including phenoxy) is 2. The fourth-order valence-corrected chi connectivity index (χ4v) is 3.27. The first-order chi connectivity index (χ1) is 11.8. The van der Waals surface area contributed by atoms with Crippen LogP contribution in [0.4, 0.5) is 0 Å². The first-order valence-electron chi connectivity index (χ1n) is 8.26. The van der Waals surface area contributed by atoms with Crippen LogP contribution in [0.1, 0.15) is 24.8 Å². The van der Waals surface area contributed by atoms with E-state index >= 15 is 0 Å². The van der Waals surface area contributed by atoms with Gasteiger partial charge >= 0.3 is 0 Å². The number of benzene rings is 2. The van der Waals surface area contributed by atoms with Gasteiger partial charge in [-0.05, 0) is 49.2 Å². The van der Waals surface area contributed by atoms with Crippen LogP contribution in [0.2, 0.25) is 5.02 Å². The lowest BCUT2D eigenvalue weighted by Crippen LogP contribution is -2.13. The first-order valence-corrected chi connectivity index (χ1v) is 8.64. The Kier molecular flexibility index (Phi) is 4.41. The predicted octanol–water partition coefficient (Wildman–Crippen LogP) is 4.62. The molecule has 0 bridgehead atoms. The minimum Gasteiger partial charge on any atom is -0.492 e. The second-order valence-electron chi connectivity index (χ2n) is 5.91. The van der Waals surface area contributed by atoms with Crippen molar-refractivity contribution in [2.75, 3.05) is 13.2 Å². The third-order valence-electron chi connectivity index (χ3n) is 4.30. The molecule has 1 atom stereocenters. The topological polar surface area (TPSA) is 36.3 Å². The highest BCUT2D eigenvalue weighted by Crippen LogP contribution is 2.30. The van der Waals surface area contributed by atoms with Crippen molar-refractivity contribution in [2.24, 2.45) is 0 Å². The average Bonchev–Trinajstić information content (AvgIpc) is 3.24. The Balaban J connectivity index is 1.55. The summed E-state index contributed by atoms with van der Waals surface area (Å²) in [6.07, 6.45) is 2.21. The molecule has 3 aromatic rings. The van der Waals surface area contributed by atoms with Crippen LogP contribution < -0.4 is 4.74 Å². The third-order valence-corrected chi connectivity index (χ3v) is 4.55. The van der Waals surface area contributed by atoms with E-state index < -0.39 is 0 Å². The van der Waals surface area contributed by atoms with Gasteiger partial charge in [0.05, 0.1) is 17.6 Å². The van der Waals surface area contributed by atoms with Gasteiger partial charge in [0, 0.05) is 11.6 Å². The molecule has 0 unspecified atom stereocenters. The molecule has 0 N–H and O–H groups in total. The van der Waals surface area contributed by atoms with E-state index in [-0.39, 0.29) is 6.10 Å². The number of hydrogen-bond donors (Lipinski definition) is 0. The molecule has 2 heterocycles. The summed E-state index contributed by atoms with van der Waals surface area (Å²) < 4.78 is 13.9. The summed E-state index contributed by atoms with van der Waals surface area (Å²) in [7, 11) is 0. The lowest BCUT2D eigenvalue weighted by molar-refractivity contribution is 0.101. The maximum absolute atomic E-state index is 5.90. The summed E-state index contributed by atoms with van der Waals surface area (Å²) in [5.74, 6) is 1.83. The van der Waals surface area contributed by atoms with E-state index in [1.807, 2.05) is 42.5 Å². The van der Waals surface area contributed by atoms with Crippen molar-refractivity contribution in [1.82, 2.24) is 9.55 Å². The number of nitrogens with zero attached hydrogens (tertiary/aromatic N) is 2. The highest BCUT2D eigenvalue weighted by atomic mass is 35.5. The molecule has 2 aromatic carbocycles. The van der Waals surface area contributed by atoms with Crippen LogP contribution in [-0.4, -0.2) is 22.8 Å². The predicted molar refractivity (Wildman–Crippen MR) is 94.6 cm³/mol. The van der Waals surface area contributed by atoms with Crippen molar-refractivity contribution in [3.05, 3.63) is 59.4 Å². The second-order valence-corrected chi connectivity index (χ2v) is 6.35. The van der Waals surface area contributed by atoms with Gasteiger partial charge in [-0.25, -0.2) is 4.98 Å². The molecule has 5 heteroatoms. The number of hydrogen-bond acceptors (Lipinski definition) is 3. The number of halogens is 1. The Morgan fingerprint density at radius 1 is 1.17 bits per heavy atom. The van der Waals surface area contributed by atoms with E-state index in [0.29, 0.717) is 11.6 Å². The first kappa shape index (κ1) is 15.5. The van der Waals surface area contributed by atoms with Crippen molar-refractivity contribution in [3.8, 4) is 5.75 Å². The van der Waals surface area contributed by atoms with Crippen LogP contribution in [0.15, 0.2) is 48.5 Å². The molecule has 0 spiro atoms. The highest BCUT2D eigenvalue weighted by molar-refractivity contribution is 6.30. The van der Waals surface area contributed by atoms with E-state index in [1.54, 1.807) is 0 Å². The molecule has 0 saturated carbocycles. The smallest absolute Gasteiger partial charge is 0.139 e. The molecule has 24 heavy (non-hydrogen) atoms. The molecule has 0 radical (unpaired) electrons. The van der Waals surface area contributed by atoms with Crippen LogP contribution >= 0.6 is 11.6 Å². The lowest BCUT2D eigenvalue weighted by atomic mass is 10.2. The number of imidazole rings is 1. The van der Waals surface area contributed by atoms with Gasteiger partial charge in [-0.1, -0.05) is 23.7 Å².